The average Bonchev–Trinajstić information content (AvgIpc) is 2.41. The van der Waals surface area contributed by atoms with Gasteiger partial charge >= 0.3 is 5.69 Å². The van der Waals surface area contributed by atoms with Gasteiger partial charge in [0, 0.05) is 0 Å². The topological polar surface area (TPSA) is 76.2 Å². The van der Waals surface area contributed by atoms with E-state index in [1.165, 1.54) is 12.1 Å². The minimum absolute atomic E-state index is 0.0317. The van der Waals surface area contributed by atoms with Crippen LogP contribution >= 0.6 is 15.9 Å². The van der Waals surface area contributed by atoms with E-state index in [4.69, 9.17) is 10.00 Å². The Balaban J connectivity index is 2.49. The Kier molecular flexibility index (Phi) is 4.01. The molecule has 5 nitrogen and oxygen atoms in total. The molecule has 0 fully saturated rings. The lowest BCUT2D eigenvalue weighted by Crippen LogP contribution is -1.97. The van der Waals surface area contributed by atoms with Crippen LogP contribution in [0.2, 0.25) is 0 Å². The fraction of sp³-hybridized carbons (Fsp3) is 0.0714. The summed E-state index contributed by atoms with van der Waals surface area (Å²) in [5.74, 6) is 0.493. The van der Waals surface area contributed by atoms with Gasteiger partial charge in [-0.05, 0) is 52.7 Å². The van der Waals surface area contributed by atoms with Gasteiger partial charge in [-0.25, -0.2) is 0 Å². The number of para-hydroxylation sites is 1. The normalized spacial score (nSPS) is 9.85. The van der Waals surface area contributed by atoms with Crippen LogP contribution in [0, 0.1) is 28.4 Å². The molecule has 2 aromatic carbocycles. The van der Waals surface area contributed by atoms with E-state index < -0.39 is 4.92 Å². The lowest BCUT2D eigenvalue weighted by atomic mass is 10.2. The zero-order chi connectivity index (χ0) is 14.7. The summed E-state index contributed by atoms with van der Waals surface area (Å²) in [4.78, 5) is 10.5. The van der Waals surface area contributed by atoms with Crippen molar-refractivity contribution in [2.45, 2.75) is 6.92 Å². The van der Waals surface area contributed by atoms with Crippen LogP contribution in [0.5, 0.6) is 11.5 Å². The zero-order valence-electron chi connectivity index (χ0n) is 10.5. The number of nitrogens with zero attached hydrogens (tertiary/aromatic N) is 2. The van der Waals surface area contributed by atoms with Gasteiger partial charge < -0.3 is 4.74 Å². The summed E-state index contributed by atoms with van der Waals surface area (Å²) in [6.45, 7) is 1.92. The molecule has 0 N–H and O–H groups in total. The van der Waals surface area contributed by atoms with Crippen molar-refractivity contribution in [3.8, 4) is 17.6 Å². The molecule has 0 aliphatic carbocycles. The molecule has 0 bridgehead atoms. The van der Waals surface area contributed by atoms with Crippen molar-refractivity contribution in [1.82, 2.24) is 0 Å². The highest BCUT2D eigenvalue weighted by molar-refractivity contribution is 9.10. The van der Waals surface area contributed by atoms with E-state index in [2.05, 4.69) is 15.9 Å². The summed E-state index contributed by atoms with van der Waals surface area (Å²) in [7, 11) is 0. The number of benzene rings is 2. The van der Waals surface area contributed by atoms with E-state index in [0.29, 0.717) is 10.2 Å². The van der Waals surface area contributed by atoms with E-state index in [-0.39, 0.29) is 17.0 Å². The monoisotopic (exact) mass is 332 g/mol. The minimum atomic E-state index is -0.615. The van der Waals surface area contributed by atoms with Crippen molar-refractivity contribution in [2.75, 3.05) is 0 Å². The molecule has 0 radical (unpaired) electrons. The van der Waals surface area contributed by atoms with Gasteiger partial charge in [-0.15, -0.1) is 0 Å². The average molecular weight is 333 g/mol. The first-order chi connectivity index (χ1) is 9.52. The van der Waals surface area contributed by atoms with Crippen LogP contribution in [0.1, 0.15) is 11.1 Å². The summed E-state index contributed by atoms with van der Waals surface area (Å²) >= 11 is 3.34. The first-order valence-electron chi connectivity index (χ1n) is 5.64. The molecule has 0 atom stereocenters. The van der Waals surface area contributed by atoms with Crippen LogP contribution < -0.4 is 4.74 Å². The molecule has 0 amide bonds. The van der Waals surface area contributed by atoms with Gasteiger partial charge in [-0.2, -0.15) is 5.26 Å². The highest BCUT2D eigenvalue weighted by Gasteiger charge is 2.21. The molecular formula is C14H9BrN2O3. The van der Waals surface area contributed by atoms with Crippen LogP contribution in [-0.2, 0) is 0 Å². The molecule has 6 heteroatoms. The van der Waals surface area contributed by atoms with Gasteiger partial charge in [0.2, 0.25) is 5.75 Å². The van der Waals surface area contributed by atoms with Crippen molar-refractivity contribution in [3.05, 3.63) is 62.1 Å². The van der Waals surface area contributed by atoms with Crippen LogP contribution in [0.3, 0.4) is 0 Å². The maximum atomic E-state index is 11.1. The second kappa shape index (κ2) is 5.72. The van der Waals surface area contributed by atoms with Crippen LogP contribution in [0.15, 0.2) is 40.9 Å². The molecule has 0 spiro atoms. The lowest BCUT2D eigenvalue weighted by Gasteiger charge is -2.09. The van der Waals surface area contributed by atoms with E-state index in [1.54, 1.807) is 18.2 Å². The van der Waals surface area contributed by atoms with Crippen molar-refractivity contribution >= 4 is 21.6 Å². The van der Waals surface area contributed by atoms with Crippen molar-refractivity contribution in [3.63, 3.8) is 0 Å². The van der Waals surface area contributed by atoms with Gasteiger partial charge in [-0.1, -0.05) is 12.1 Å². The molecule has 2 rings (SSSR count). The minimum Gasteiger partial charge on any atom is -0.449 e. The SMILES string of the molecule is Cc1ccc(Oc2cccc(C#N)c2[N+](=O)[O-])c(Br)c1. The lowest BCUT2D eigenvalue weighted by molar-refractivity contribution is -0.385. The van der Waals surface area contributed by atoms with E-state index >= 15 is 0 Å². The second-order valence-electron chi connectivity index (χ2n) is 4.06. The number of rotatable bonds is 3. The number of hydrogen-bond acceptors (Lipinski definition) is 4. The number of hydrogen-bond donors (Lipinski definition) is 0. The molecule has 0 aliphatic rings. The predicted octanol–water partition coefficient (Wildman–Crippen LogP) is 4.33. The number of aryl methyl sites for hydroxylation is 1. The van der Waals surface area contributed by atoms with Gasteiger partial charge in [0.15, 0.2) is 0 Å². The third kappa shape index (κ3) is 2.78. The van der Waals surface area contributed by atoms with E-state index in [1.807, 2.05) is 19.1 Å². The molecule has 100 valence electrons. The van der Waals surface area contributed by atoms with Crippen LogP contribution in [0.4, 0.5) is 5.69 Å². The van der Waals surface area contributed by atoms with Crippen LogP contribution in [0.25, 0.3) is 0 Å². The number of nitriles is 1. The van der Waals surface area contributed by atoms with Crippen LogP contribution in [-0.4, -0.2) is 4.92 Å². The molecule has 0 aromatic heterocycles. The fourth-order valence-electron chi connectivity index (χ4n) is 1.69. The molecule has 0 aliphatic heterocycles. The van der Waals surface area contributed by atoms with Gasteiger partial charge in [0.1, 0.15) is 17.4 Å². The highest BCUT2D eigenvalue weighted by atomic mass is 79.9. The summed E-state index contributed by atoms with van der Waals surface area (Å²) in [5, 5.41) is 20.0. The smallest absolute Gasteiger partial charge is 0.329 e. The maximum Gasteiger partial charge on any atom is 0.329 e. The third-order valence-corrected chi connectivity index (χ3v) is 3.23. The van der Waals surface area contributed by atoms with Gasteiger partial charge in [0.25, 0.3) is 0 Å². The Morgan fingerprint density at radius 3 is 2.65 bits per heavy atom. The van der Waals surface area contributed by atoms with Crippen molar-refractivity contribution in [2.24, 2.45) is 0 Å². The first kappa shape index (κ1) is 14.0. The van der Waals surface area contributed by atoms with Gasteiger partial charge in [0.05, 0.1) is 9.40 Å². The summed E-state index contributed by atoms with van der Waals surface area (Å²) in [5.41, 5.74) is 0.669. The predicted molar refractivity (Wildman–Crippen MR) is 76.8 cm³/mol. The molecule has 0 heterocycles. The van der Waals surface area contributed by atoms with Gasteiger partial charge in [-0.3, -0.25) is 10.1 Å². The standard InChI is InChI=1S/C14H9BrN2O3/c1-9-5-6-12(11(15)7-9)20-13-4-2-3-10(8-16)14(13)17(18)19/h2-7H,1H3. The highest BCUT2D eigenvalue weighted by Crippen LogP contribution is 2.36. The second-order valence-corrected chi connectivity index (χ2v) is 4.91. The van der Waals surface area contributed by atoms with Crippen molar-refractivity contribution in [1.29, 1.82) is 5.26 Å². The molecular weight excluding hydrogens is 324 g/mol. The summed E-state index contributed by atoms with van der Waals surface area (Å²) in [6, 6.07) is 11.6. The molecule has 2 aromatic rings. The Morgan fingerprint density at radius 2 is 2.05 bits per heavy atom. The fourth-order valence-corrected chi connectivity index (χ4v) is 2.26. The summed E-state index contributed by atoms with van der Waals surface area (Å²) < 4.78 is 6.25. The summed E-state index contributed by atoms with van der Waals surface area (Å²) in [6.07, 6.45) is 0. The Morgan fingerprint density at radius 1 is 1.30 bits per heavy atom. The molecule has 0 saturated heterocycles. The molecule has 20 heavy (non-hydrogen) atoms. The number of halogens is 1. The Labute approximate surface area is 123 Å². The van der Waals surface area contributed by atoms with E-state index in [9.17, 15) is 10.1 Å². The molecule has 0 saturated carbocycles. The zero-order valence-corrected chi connectivity index (χ0v) is 12.0. The molecule has 0 unspecified atom stereocenters. The maximum absolute atomic E-state index is 11.1. The Hall–Kier alpha value is -2.39. The third-order valence-electron chi connectivity index (χ3n) is 2.61. The van der Waals surface area contributed by atoms with Crippen molar-refractivity contribution < 1.29 is 9.66 Å². The number of nitro benzene ring substituents is 1. The quantitative estimate of drug-likeness (QED) is 0.619. The Bertz CT molecular complexity index is 723. The number of ether oxygens (including phenoxy) is 1. The first-order valence-corrected chi connectivity index (χ1v) is 6.43. The largest absolute Gasteiger partial charge is 0.449 e. The van der Waals surface area contributed by atoms with E-state index in [0.717, 1.165) is 5.56 Å². The number of nitro groups is 1.